The van der Waals surface area contributed by atoms with Crippen LogP contribution in [0.3, 0.4) is 0 Å². The molecule has 0 bridgehead atoms. The molecule has 84 valence electrons. The summed E-state index contributed by atoms with van der Waals surface area (Å²) in [5.41, 5.74) is 0.691. The Kier molecular flexibility index (Phi) is 2.54. The highest BCUT2D eigenvalue weighted by atomic mass is 16.6. The minimum absolute atomic E-state index is 0.0687. The van der Waals surface area contributed by atoms with Crippen molar-refractivity contribution in [2.45, 2.75) is 32.3 Å². The number of rotatable bonds is 2. The van der Waals surface area contributed by atoms with Gasteiger partial charge in [0.25, 0.3) is 0 Å². The quantitative estimate of drug-likeness (QED) is 0.714. The van der Waals surface area contributed by atoms with Crippen LogP contribution in [0.4, 0.5) is 0 Å². The molecule has 0 amide bonds. The van der Waals surface area contributed by atoms with Crippen LogP contribution in [0.1, 0.15) is 36.2 Å². The third-order valence-electron chi connectivity index (χ3n) is 3.06. The number of carbonyl (C=O) groups excluding carboxylic acids is 2. The normalized spacial score (nSPS) is 23.0. The number of esters is 1. The lowest BCUT2D eigenvalue weighted by Crippen LogP contribution is -2.40. The first-order valence-corrected chi connectivity index (χ1v) is 5.41. The van der Waals surface area contributed by atoms with Gasteiger partial charge in [-0.1, -0.05) is 31.2 Å². The van der Waals surface area contributed by atoms with Crippen molar-refractivity contribution in [1.29, 1.82) is 0 Å². The maximum Gasteiger partial charge on any atom is 0.303 e. The molecule has 3 nitrogen and oxygen atoms in total. The molecule has 0 radical (unpaired) electrons. The zero-order chi connectivity index (χ0) is 11.8. The van der Waals surface area contributed by atoms with Gasteiger partial charge >= 0.3 is 5.97 Å². The van der Waals surface area contributed by atoms with Crippen LogP contribution in [0.25, 0.3) is 0 Å². The first kappa shape index (κ1) is 10.9. The Morgan fingerprint density at radius 2 is 2.12 bits per heavy atom. The Labute approximate surface area is 94.4 Å². The number of carbonyl (C=O) groups is 2. The summed E-state index contributed by atoms with van der Waals surface area (Å²) in [4.78, 5) is 23.3. The van der Waals surface area contributed by atoms with Crippen LogP contribution in [0.5, 0.6) is 0 Å². The average molecular weight is 218 g/mol. The van der Waals surface area contributed by atoms with Crippen LogP contribution in [-0.4, -0.2) is 17.4 Å². The minimum Gasteiger partial charge on any atom is -0.450 e. The summed E-state index contributed by atoms with van der Waals surface area (Å²) in [6.45, 7) is 3.21. The Hall–Kier alpha value is -1.64. The molecule has 0 unspecified atom stereocenters. The van der Waals surface area contributed by atoms with Gasteiger partial charge < -0.3 is 4.74 Å². The SMILES string of the molecule is CC[C@]1(OC(C)=O)Cc2ccccc2C1=O. The van der Waals surface area contributed by atoms with Gasteiger partial charge in [0, 0.05) is 18.9 Å². The fourth-order valence-corrected chi connectivity index (χ4v) is 2.24. The maximum absolute atomic E-state index is 12.2. The van der Waals surface area contributed by atoms with Gasteiger partial charge in [-0.05, 0) is 12.0 Å². The number of hydrogen-bond acceptors (Lipinski definition) is 3. The molecular weight excluding hydrogens is 204 g/mol. The van der Waals surface area contributed by atoms with Gasteiger partial charge in [-0.3, -0.25) is 9.59 Å². The molecule has 2 rings (SSSR count). The molecule has 0 N–H and O–H groups in total. The maximum atomic E-state index is 12.2. The van der Waals surface area contributed by atoms with E-state index in [1.54, 1.807) is 6.07 Å². The number of ketones is 1. The van der Waals surface area contributed by atoms with Gasteiger partial charge in [0.2, 0.25) is 5.78 Å². The van der Waals surface area contributed by atoms with Crippen molar-refractivity contribution in [1.82, 2.24) is 0 Å². The number of ether oxygens (including phenoxy) is 1. The highest BCUT2D eigenvalue weighted by Crippen LogP contribution is 2.35. The average Bonchev–Trinajstić information content (AvgIpc) is 2.53. The van der Waals surface area contributed by atoms with Crippen molar-refractivity contribution in [2.24, 2.45) is 0 Å². The zero-order valence-corrected chi connectivity index (χ0v) is 9.45. The minimum atomic E-state index is -0.963. The summed E-state index contributed by atoms with van der Waals surface area (Å²) >= 11 is 0. The Balaban J connectivity index is 2.41. The van der Waals surface area contributed by atoms with Crippen molar-refractivity contribution < 1.29 is 14.3 Å². The van der Waals surface area contributed by atoms with E-state index in [1.165, 1.54) is 6.92 Å². The van der Waals surface area contributed by atoms with E-state index < -0.39 is 11.6 Å². The van der Waals surface area contributed by atoms with Crippen LogP contribution >= 0.6 is 0 Å². The van der Waals surface area contributed by atoms with Crippen molar-refractivity contribution in [3.8, 4) is 0 Å². The van der Waals surface area contributed by atoms with E-state index in [-0.39, 0.29) is 5.78 Å². The summed E-state index contributed by atoms with van der Waals surface area (Å²) in [5.74, 6) is -0.469. The van der Waals surface area contributed by atoms with E-state index in [0.29, 0.717) is 18.4 Å². The molecule has 0 aromatic heterocycles. The predicted octanol–water partition coefficient (Wildman–Crippen LogP) is 2.14. The van der Waals surface area contributed by atoms with Crippen molar-refractivity contribution in [2.75, 3.05) is 0 Å². The van der Waals surface area contributed by atoms with E-state index in [4.69, 9.17) is 4.74 Å². The third-order valence-corrected chi connectivity index (χ3v) is 3.06. The van der Waals surface area contributed by atoms with Crippen molar-refractivity contribution in [3.63, 3.8) is 0 Å². The summed E-state index contributed by atoms with van der Waals surface area (Å²) in [6, 6.07) is 7.43. The van der Waals surface area contributed by atoms with Gasteiger partial charge in [-0.2, -0.15) is 0 Å². The lowest BCUT2D eigenvalue weighted by Gasteiger charge is -2.25. The smallest absolute Gasteiger partial charge is 0.303 e. The second-order valence-electron chi connectivity index (χ2n) is 4.10. The molecule has 0 aliphatic heterocycles. The fraction of sp³-hybridized carbons (Fsp3) is 0.385. The lowest BCUT2D eigenvalue weighted by molar-refractivity contribution is -0.152. The summed E-state index contributed by atoms with van der Waals surface area (Å²) in [5, 5.41) is 0. The second kappa shape index (κ2) is 3.74. The van der Waals surface area contributed by atoms with Crippen molar-refractivity contribution >= 4 is 11.8 Å². The summed E-state index contributed by atoms with van der Waals surface area (Å²) in [7, 11) is 0. The monoisotopic (exact) mass is 218 g/mol. The summed E-state index contributed by atoms with van der Waals surface area (Å²) in [6.07, 6.45) is 1.01. The van der Waals surface area contributed by atoms with Crippen LogP contribution in [-0.2, 0) is 16.0 Å². The molecule has 1 aromatic carbocycles. The van der Waals surface area contributed by atoms with Crippen LogP contribution in [0.15, 0.2) is 24.3 Å². The molecule has 1 aromatic rings. The zero-order valence-electron chi connectivity index (χ0n) is 9.45. The van der Waals surface area contributed by atoms with E-state index >= 15 is 0 Å². The topological polar surface area (TPSA) is 43.4 Å². The first-order chi connectivity index (χ1) is 7.59. The van der Waals surface area contributed by atoms with Gasteiger partial charge in [0.1, 0.15) is 0 Å². The highest BCUT2D eigenvalue weighted by Gasteiger charge is 2.46. The molecular formula is C13H14O3. The highest BCUT2D eigenvalue weighted by molar-refractivity contribution is 6.07. The Bertz CT molecular complexity index is 450. The van der Waals surface area contributed by atoms with E-state index in [1.807, 2.05) is 25.1 Å². The number of benzene rings is 1. The molecule has 0 spiro atoms. The number of fused-ring (bicyclic) bond motifs is 1. The van der Waals surface area contributed by atoms with Crippen LogP contribution in [0, 0.1) is 0 Å². The van der Waals surface area contributed by atoms with E-state index in [0.717, 1.165) is 5.56 Å². The molecule has 0 saturated carbocycles. The van der Waals surface area contributed by atoms with Crippen molar-refractivity contribution in [3.05, 3.63) is 35.4 Å². The Morgan fingerprint density at radius 3 is 2.69 bits per heavy atom. The molecule has 0 heterocycles. The third kappa shape index (κ3) is 1.52. The second-order valence-corrected chi connectivity index (χ2v) is 4.10. The molecule has 16 heavy (non-hydrogen) atoms. The molecule has 0 fully saturated rings. The van der Waals surface area contributed by atoms with Gasteiger partial charge in [-0.25, -0.2) is 0 Å². The van der Waals surface area contributed by atoms with Gasteiger partial charge in [0.05, 0.1) is 0 Å². The molecule has 1 atom stereocenters. The largest absolute Gasteiger partial charge is 0.450 e. The molecule has 3 heteroatoms. The van der Waals surface area contributed by atoms with Crippen LogP contribution < -0.4 is 0 Å². The van der Waals surface area contributed by atoms with E-state index in [9.17, 15) is 9.59 Å². The predicted molar refractivity (Wildman–Crippen MR) is 59.3 cm³/mol. The molecule has 0 saturated heterocycles. The van der Waals surface area contributed by atoms with Crippen LogP contribution in [0.2, 0.25) is 0 Å². The first-order valence-electron chi connectivity index (χ1n) is 5.41. The Morgan fingerprint density at radius 1 is 1.44 bits per heavy atom. The number of Topliss-reactive ketones (excluding diaryl/α,β-unsaturated/α-hetero) is 1. The molecule has 1 aliphatic rings. The van der Waals surface area contributed by atoms with E-state index in [2.05, 4.69) is 0 Å². The lowest BCUT2D eigenvalue weighted by atomic mass is 9.95. The fourth-order valence-electron chi connectivity index (χ4n) is 2.24. The standard InChI is InChI=1S/C13H14O3/c1-3-13(16-9(2)14)8-10-6-4-5-7-11(10)12(13)15/h4-7H,3,8H2,1-2H3/t13-/m0/s1. The van der Waals surface area contributed by atoms with Gasteiger partial charge in [-0.15, -0.1) is 0 Å². The van der Waals surface area contributed by atoms with Gasteiger partial charge in [0.15, 0.2) is 5.60 Å². The summed E-state index contributed by atoms with van der Waals surface area (Å²) < 4.78 is 5.25. The molecule has 1 aliphatic carbocycles. The number of hydrogen-bond donors (Lipinski definition) is 0.